The summed E-state index contributed by atoms with van der Waals surface area (Å²) >= 11 is 5.59. The zero-order chi connectivity index (χ0) is 18.5. The first kappa shape index (κ1) is 18.5. The van der Waals surface area contributed by atoms with Crippen LogP contribution in [0, 0.1) is 5.92 Å². The molecule has 2 aromatic rings. The second kappa shape index (κ2) is 8.40. The Morgan fingerprint density at radius 2 is 2.00 bits per heavy atom. The Kier molecular flexibility index (Phi) is 5.98. The Morgan fingerprint density at radius 3 is 2.73 bits per heavy atom. The molecule has 26 heavy (non-hydrogen) atoms. The Hall–Kier alpha value is -2.28. The van der Waals surface area contributed by atoms with Crippen LogP contribution in [0.15, 0.2) is 30.6 Å². The summed E-state index contributed by atoms with van der Waals surface area (Å²) in [5.41, 5.74) is 2.57. The molecule has 1 unspecified atom stereocenters. The van der Waals surface area contributed by atoms with Gasteiger partial charge in [-0.15, -0.1) is 0 Å². The second-order valence-corrected chi connectivity index (χ2v) is 6.87. The highest BCUT2D eigenvalue weighted by molar-refractivity contribution is 7.80. The number of aromatic nitrogens is 2. The molecule has 3 rings (SSSR count). The molecule has 2 heterocycles. The van der Waals surface area contributed by atoms with E-state index < -0.39 is 0 Å². The van der Waals surface area contributed by atoms with Gasteiger partial charge in [-0.2, -0.15) is 0 Å². The highest BCUT2D eigenvalue weighted by Gasteiger charge is 2.29. The van der Waals surface area contributed by atoms with Crippen LogP contribution >= 0.6 is 12.2 Å². The van der Waals surface area contributed by atoms with E-state index >= 15 is 0 Å². The molecule has 0 bridgehead atoms. The Balaban J connectivity index is 1.65. The number of nitrogens with one attached hydrogen (secondary N) is 1. The highest BCUT2D eigenvalue weighted by Crippen LogP contribution is 2.21. The fraction of sp³-hybridized carbons (Fsp3) is 0.474. The summed E-state index contributed by atoms with van der Waals surface area (Å²) in [7, 11) is 0. The number of hydrogen-bond donors (Lipinski definition) is 1. The van der Waals surface area contributed by atoms with Crippen LogP contribution in [0.3, 0.4) is 0 Å². The largest absolute Gasteiger partial charge is 0.348 e. The van der Waals surface area contributed by atoms with E-state index in [1.165, 1.54) is 0 Å². The molecule has 1 saturated heterocycles. The third-order valence-corrected chi connectivity index (χ3v) is 5.21. The van der Waals surface area contributed by atoms with Gasteiger partial charge in [0.1, 0.15) is 0 Å². The summed E-state index contributed by atoms with van der Waals surface area (Å²) in [4.78, 5) is 25.3. The molecular formula is C19H25N5OS. The predicted octanol–water partition coefficient (Wildman–Crippen LogP) is 2.91. The van der Waals surface area contributed by atoms with Gasteiger partial charge in [-0.25, -0.2) is 0 Å². The number of amides is 1. The smallest absolute Gasteiger partial charge is 0.227 e. The standard InChI is InChI=1S/C19H25N5OS/c1-3-23(4-2)18(25)14-6-5-11-24(13-14)19(26)22-15-7-8-16-17(12-15)21-10-9-20-16/h7-10,12,14H,3-6,11,13H2,1-2H3,(H,22,26). The van der Waals surface area contributed by atoms with Crippen molar-refractivity contribution in [2.45, 2.75) is 26.7 Å². The molecule has 0 spiro atoms. The number of anilines is 1. The summed E-state index contributed by atoms with van der Waals surface area (Å²) in [5.74, 6) is 0.259. The van der Waals surface area contributed by atoms with E-state index in [2.05, 4.69) is 20.2 Å². The minimum atomic E-state index is 0.0193. The quantitative estimate of drug-likeness (QED) is 0.834. The number of benzene rings is 1. The van der Waals surface area contributed by atoms with Gasteiger partial charge in [0.05, 0.1) is 17.0 Å². The van der Waals surface area contributed by atoms with Gasteiger partial charge in [-0.05, 0) is 57.1 Å². The number of fused-ring (bicyclic) bond motifs is 1. The van der Waals surface area contributed by atoms with Crippen LogP contribution in [0.1, 0.15) is 26.7 Å². The van der Waals surface area contributed by atoms with Gasteiger partial charge >= 0.3 is 0 Å². The van der Waals surface area contributed by atoms with Gasteiger partial charge in [0.2, 0.25) is 5.91 Å². The van der Waals surface area contributed by atoms with Crippen LogP contribution in [-0.4, -0.2) is 57.0 Å². The van der Waals surface area contributed by atoms with E-state index in [9.17, 15) is 4.79 Å². The van der Waals surface area contributed by atoms with Crippen molar-refractivity contribution in [2.24, 2.45) is 5.92 Å². The van der Waals surface area contributed by atoms with Crippen molar-refractivity contribution >= 4 is 40.0 Å². The van der Waals surface area contributed by atoms with Crippen molar-refractivity contribution < 1.29 is 4.79 Å². The lowest BCUT2D eigenvalue weighted by atomic mass is 9.96. The number of rotatable bonds is 4. The maximum absolute atomic E-state index is 12.7. The van der Waals surface area contributed by atoms with Gasteiger partial charge in [0.25, 0.3) is 0 Å². The number of piperidine rings is 1. The summed E-state index contributed by atoms with van der Waals surface area (Å²) in [6.07, 6.45) is 5.27. The Bertz CT molecular complexity index is 792. The van der Waals surface area contributed by atoms with E-state index in [4.69, 9.17) is 12.2 Å². The number of carbonyl (C=O) groups is 1. The predicted molar refractivity (Wildman–Crippen MR) is 108 cm³/mol. The van der Waals surface area contributed by atoms with Crippen molar-refractivity contribution in [2.75, 3.05) is 31.5 Å². The van der Waals surface area contributed by atoms with Crippen LogP contribution in [0.2, 0.25) is 0 Å². The molecule has 0 saturated carbocycles. The van der Waals surface area contributed by atoms with Crippen LogP contribution in [-0.2, 0) is 4.79 Å². The molecule has 1 fully saturated rings. The third kappa shape index (κ3) is 4.09. The normalized spacial score (nSPS) is 17.2. The lowest BCUT2D eigenvalue weighted by molar-refractivity contribution is -0.136. The molecule has 7 heteroatoms. The molecule has 1 aliphatic rings. The van der Waals surface area contributed by atoms with E-state index in [-0.39, 0.29) is 11.8 Å². The van der Waals surface area contributed by atoms with E-state index in [0.717, 1.165) is 49.2 Å². The number of hydrogen-bond acceptors (Lipinski definition) is 4. The molecule has 0 radical (unpaired) electrons. The van der Waals surface area contributed by atoms with Gasteiger partial charge < -0.3 is 15.1 Å². The molecule has 138 valence electrons. The minimum Gasteiger partial charge on any atom is -0.348 e. The Morgan fingerprint density at radius 1 is 1.27 bits per heavy atom. The number of thiocarbonyl (C=S) groups is 1. The van der Waals surface area contributed by atoms with Crippen molar-refractivity contribution in [1.29, 1.82) is 0 Å². The molecule has 1 N–H and O–H groups in total. The van der Waals surface area contributed by atoms with Crippen molar-refractivity contribution in [3.05, 3.63) is 30.6 Å². The molecule has 6 nitrogen and oxygen atoms in total. The van der Waals surface area contributed by atoms with Gasteiger partial charge in [0.15, 0.2) is 5.11 Å². The first-order chi connectivity index (χ1) is 12.6. The fourth-order valence-corrected chi connectivity index (χ4v) is 3.68. The van der Waals surface area contributed by atoms with E-state index in [1.807, 2.05) is 36.9 Å². The minimum absolute atomic E-state index is 0.0193. The fourth-order valence-electron chi connectivity index (χ4n) is 3.40. The first-order valence-corrected chi connectivity index (χ1v) is 9.58. The zero-order valence-corrected chi connectivity index (χ0v) is 16.1. The maximum atomic E-state index is 12.7. The van der Waals surface area contributed by atoms with Gasteiger partial charge in [0, 0.05) is 44.3 Å². The lowest BCUT2D eigenvalue weighted by Gasteiger charge is -2.36. The first-order valence-electron chi connectivity index (χ1n) is 9.17. The summed E-state index contributed by atoms with van der Waals surface area (Å²) in [6, 6.07) is 5.82. The molecule has 1 aromatic carbocycles. The van der Waals surface area contributed by atoms with Crippen LogP contribution in [0.5, 0.6) is 0 Å². The lowest BCUT2D eigenvalue weighted by Crippen LogP contribution is -2.47. The zero-order valence-electron chi connectivity index (χ0n) is 15.3. The SMILES string of the molecule is CCN(CC)C(=O)C1CCCN(C(=S)Nc2ccc3nccnc3c2)C1. The monoisotopic (exact) mass is 371 g/mol. The number of nitrogens with zero attached hydrogens (tertiary/aromatic N) is 4. The second-order valence-electron chi connectivity index (χ2n) is 6.49. The van der Waals surface area contributed by atoms with Gasteiger partial charge in [-0.3, -0.25) is 14.8 Å². The molecule has 1 atom stereocenters. The molecule has 1 amide bonds. The summed E-state index contributed by atoms with van der Waals surface area (Å²) in [5, 5.41) is 3.94. The Labute approximate surface area is 159 Å². The van der Waals surface area contributed by atoms with Crippen molar-refractivity contribution in [3.63, 3.8) is 0 Å². The van der Waals surface area contributed by atoms with Crippen LogP contribution < -0.4 is 5.32 Å². The maximum Gasteiger partial charge on any atom is 0.227 e. The molecule has 1 aromatic heterocycles. The highest BCUT2D eigenvalue weighted by atomic mass is 32.1. The van der Waals surface area contributed by atoms with Crippen molar-refractivity contribution in [3.8, 4) is 0 Å². The number of likely N-dealkylation sites (tertiary alicyclic amines) is 1. The van der Waals surface area contributed by atoms with Gasteiger partial charge in [-0.1, -0.05) is 0 Å². The summed E-state index contributed by atoms with van der Waals surface area (Å²) in [6.45, 7) is 7.11. The van der Waals surface area contributed by atoms with Crippen LogP contribution in [0.25, 0.3) is 11.0 Å². The molecule has 1 aliphatic heterocycles. The third-order valence-electron chi connectivity index (χ3n) is 4.85. The summed E-state index contributed by atoms with van der Waals surface area (Å²) < 4.78 is 0. The van der Waals surface area contributed by atoms with Crippen molar-refractivity contribution in [1.82, 2.24) is 19.8 Å². The van der Waals surface area contributed by atoms with E-state index in [0.29, 0.717) is 11.7 Å². The van der Waals surface area contributed by atoms with E-state index in [1.54, 1.807) is 12.4 Å². The molecule has 0 aliphatic carbocycles. The topological polar surface area (TPSA) is 61.4 Å². The van der Waals surface area contributed by atoms with Crippen LogP contribution in [0.4, 0.5) is 5.69 Å². The number of carbonyl (C=O) groups excluding carboxylic acids is 1. The molecular weight excluding hydrogens is 346 g/mol. The average Bonchev–Trinajstić information content (AvgIpc) is 2.69. The average molecular weight is 372 g/mol.